The fourth-order valence-corrected chi connectivity index (χ4v) is 5.71. The lowest BCUT2D eigenvalue weighted by Gasteiger charge is -2.19. The lowest BCUT2D eigenvalue weighted by Crippen LogP contribution is -2.12. The maximum atomic E-state index is 14.8. The minimum absolute atomic E-state index is 0.0437. The van der Waals surface area contributed by atoms with E-state index in [4.69, 9.17) is 19.3 Å². The predicted molar refractivity (Wildman–Crippen MR) is 164 cm³/mol. The average Bonchev–Trinajstić information content (AvgIpc) is 3.53. The van der Waals surface area contributed by atoms with Gasteiger partial charge in [0, 0.05) is 23.3 Å². The van der Waals surface area contributed by atoms with Gasteiger partial charge in [-0.25, -0.2) is 13.6 Å². The van der Waals surface area contributed by atoms with Crippen LogP contribution in [0.4, 0.5) is 8.78 Å². The van der Waals surface area contributed by atoms with Crippen molar-refractivity contribution in [2.24, 2.45) is 0 Å². The smallest absolute Gasteiger partial charge is 0.338 e. The maximum Gasteiger partial charge on any atom is 0.338 e. The largest absolute Gasteiger partial charge is 0.465 e. The normalized spacial score (nSPS) is 11.6. The summed E-state index contributed by atoms with van der Waals surface area (Å²) >= 11 is 0. The summed E-state index contributed by atoms with van der Waals surface area (Å²) in [5.41, 5.74) is 6.85. The molecule has 0 unspecified atom stereocenters. The number of nitrogens with zero attached hydrogens (tertiary/aromatic N) is 4. The fraction of sp³-hybridized carbons (Fsp3) is 0.0571. The van der Waals surface area contributed by atoms with E-state index in [1.54, 1.807) is 23.6 Å². The third-order valence-corrected chi connectivity index (χ3v) is 7.87. The quantitative estimate of drug-likeness (QED) is 0.180. The van der Waals surface area contributed by atoms with Gasteiger partial charge in [-0.3, -0.25) is 4.57 Å². The molecule has 45 heavy (non-hydrogen) atoms. The van der Waals surface area contributed by atoms with Gasteiger partial charge in [-0.15, -0.1) is 4.73 Å². The first-order valence-corrected chi connectivity index (χ1v) is 14.0. The number of imidazole rings is 2. The first-order chi connectivity index (χ1) is 21.9. The van der Waals surface area contributed by atoms with Gasteiger partial charge in [-0.2, -0.15) is 9.97 Å². The number of carbonyl (C=O) groups excluding carboxylic acids is 1. The molecule has 3 heterocycles. The minimum Gasteiger partial charge on any atom is -0.465 e. The van der Waals surface area contributed by atoms with Gasteiger partial charge in [0.05, 0.1) is 29.4 Å². The van der Waals surface area contributed by atoms with Gasteiger partial charge < -0.3 is 14.3 Å². The van der Waals surface area contributed by atoms with Crippen molar-refractivity contribution in [2.75, 3.05) is 7.11 Å². The van der Waals surface area contributed by atoms with Gasteiger partial charge in [0.1, 0.15) is 28.4 Å². The maximum absolute atomic E-state index is 14.8. The highest BCUT2D eigenvalue weighted by molar-refractivity contribution is 6.01. The van der Waals surface area contributed by atoms with Crippen LogP contribution in [0.15, 0.2) is 97.1 Å². The topological polar surface area (TPSA) is 80.4 Å². The number of pyridine rings is 1. The number of aromatic nitrogens is 4. The number of hydrogen-bond donors (Lipinski definition) is 0. The Balaban J connectivity index is 1.29. The minimum atomic E-state index is -0.520. The van der Waals surface area contributed by atoms with Gasteiger partial charge in [0.15, 0.2) is 0 Å². The zero-order chi connectivity index (χ0) is 30.8. The number of esters is 1. The van der Waals surface area contributed by atoms with Crippen LogP contribution in [0, 0.1) is 18.6 Å². The zero-order valence-electron chi connectivity index (χ0n) is 23.9. The Morgan fingerprint density at radius 2 is 1.58 bits per heavy atom. The van der Waals surface area contributed by atoms with E-state index in [0.29, 0.717) is 33.2 Å². The third kappa shape index (κ3) is 4.29. The first-order valence-electron chi connectivity index (χ1n) is 14.0. The van der Waals surface area contributed by atoms with Crippen molar-refractivity contribution in [2.45, 2.75) is 6.92 Å². The molecule has 0 atom stereocenters. The summed E-state index contributed by atoms with van der Waals surface area (Å²) in [7, 11) is 1.30. The standard InChI is InChI=1S/C35H22F2N4O4/c1-19-8-11-24(18-26(19)33(42)43-2)44-35-38-28-13-10-22(36)16-30(28)41(35)45-34-39-32-27-15-23(37)17-31(32)40(34)29-14-21(9-12-25(27)29)20-6-4-3-5-7-20/h3-18H,1-2H3. The van der Waals surface area contributed by atoms with Crippen LogP contribution >= 0.6 is 0 Å². The van der Waals surface area contributed by atoms with Crippen LogP contribution in [-0.2, 0) is 4.74 Å². The molecule has 0 spiro atoms. The molecule has 0 amide bonds. The van der Waals surface area contributed by atoms with Crippen molar-refractivity contribution in [3.05, 3.63) is 120 Å². The second-order valence-electron chi connectivity index (χ2n) is 10.6. The highest BCUT2D eigenvalue weighted by Gasteiger charge is 2.29. The second-order valence-corrected chi connectivity index (χ2v) is 10.6. The molecule has 1 aliphatic heterocycles. The number of ether oxygens (including phenoxy) is 2. The Morgan fingerprint density at radius 1 is 0.756 bits per heavy atom. The van der Waals surface area contributed by atoms with Crippen LogP contribution in [0.25, 0.3) is 50.0 Å². The molecule has 10 heteroatoms. The third-order valence-electron chi connectivity index (χ3n) is 7.87. The Hall–Kier alpha value is -6.03. The number of carbonyl (C=O) groups is 1. The van der Waals surface area contributed by atoms with Crippen molar-refractivity contribution < 1.29 is 27.9 Å². The molecule has 0 radical (unpaired) electrons. The zero-order valence-corrected chi connectivity index (χ0v) is 23.9. The Labute approximate surface area is 254 Å². The summed E-state index contributed by atoms with van der Waals surface area (Å²) < 4.78 is 43.4. The van der Waals surface area contributed by atoms with E-state index in [1.165, 1.54) is 48.2 Å². The summed E-state index contributed by atoms with van der Waals surface area (Å²) in [6.45, 7) is 1.78. The number of fused-ring (bicyclic) bond motifs is 4. The van der Waals surface area contributed by atoms with Gasteiger partial charge in [-0.1, -0.05) is 48.5 Å². The summed E-state index contributed by atoms with van der Waals surface area (Å²) in [4.78, 5) is 28.0. The average molecular weight is 601 g/mol. The summed E-state index contributed by atoms with van der Waals surface area (Å²) in [5, 5.41) is 0. The molecule has 8 rings (SSSR count). The molecule has 8 nitrogen and oxygen atoms in total. The van der Waals surface area contributed by atoms with Crippen molar-refractivity contribution in [1.29, 1.82) is 0 Å². The molecule has 0 fully saturated rings. The Kier molecular flexibility index (Phi) is 5.92. The summed E-state index contributed by atoms with van der Waals surface area (Å²) in [6, 6.07) is 27.7. The number of benzene rings is 5. The highest BCUT2D eigenvalue weighted by Crippen LogP contribution is 2.44. The number of hydrogen-bond acceptors (Lipinski definition) is 6. The van der Waals surface area contributed by atoms with E-state index in [0.717, 1.165) is 22.4 Å². The van der Waals surface area contributed by atoms with Crippen LogP contribution in [-0.4, -0.2) is 32.3 Å². The lowest BCUT2D eigenvalue weighted by molar-refractivity contribution is 0.0599. The Bertz CT molecular complexity index is 2330. The molecule has 7 aromatic rings. The number of aryl methyl sites for hydroxylation is 1. The van der Waals surface area contributed by atoms with Crippen molar-refractivity contribution >= 4 is 28.0 Å². The molecule has 5 aromatic carbocycles. The van der Waals surface area contributed by atoms with E-state index in [2.05, 4.69) is 4.98 Å². The summed E-state index contributed by atoms with van der Waals surface area (Å²) in [6.07, 6.45) is 0. The molecule has 4 bridgehead atoms. The van der Waals surface area contributed by atoms with Crippen LogP contribution in [0.3, 0.4) is 0 Å². The highest BCUT2D eigenvalue weighted by atomic mass is 19.1. The van der Waals surface area contributed by atoms with E-state index >= 15 is 0 Å². The van der Waals surface area contributed by atoms with Crippen LogP contribution in [0.1, 0.15) is 15.9 Å². The van der Waals surface area contributed by atoms with E-state index in [9.17, 15) is 13.6 Å². The van der Waals surface area contributed by atoms with E-state index < -0.39 is 17.6 Å². The Morgan fingerprint density at radius 3 is 2.40 bits per heavy atom. The molecular formula is C35H22F2N4O4. The molecule has 2 aromatic heterocycles. The van der Waals surface area contributed by atoms with E-state index in [1.807, 2.05) is 48.5 Å². The monoisotopic (exact) mass is 600 g/mol. The fourth-order valence-electron chi connectivity index (χ4n) is 5.71. The lowest BCUT2D eigenvalue weighted by atomic mass is 9.95. The van der Waals surface area contributed by atoms with Crippen LogP contribution < -0.4 is 9.57 Å². The van der Waals surface area contributed by atoms with Crippen molar-refractivity contribution in [1.82, 2.24) is 19.3 Å². The van der Waals surface area contributed by atoms with Gasteiger partial charge in [0.25, 0.3) is 0 Å². The number of methoxy groups -OCH3 is 1. The second kappa shape index (κ2) is 10.0. The van der Waals surface area contributed by atoms with Gasteiger partial charge in [0.2, 0.25) is 0 Å². The van der Waals surface area contributed by atoms with Crippen molar-refractivity contribution in [3.63, 3.8) is 0 Å². The molecule has 220 valence electrons. The van der Waals surface area contributed by atoms with Crippen molar-refractivity contribution in [3.8, 4) is 45.7 Å². The predicted octanol–water partition coefficient (Wildman–Crippen LogP) is 8.03. The van der Waals surface area contributed by atoms with Crippen LogP contribution in [0.5, 0.6) is 17.8 Å². The molecule has 0 saturated heterocycles. The van der Waals surface area contributed by atoms with Gasteiger partial charge >= 0.3 is 18.0 Å². The van der Waals surface area contributed by atoms with E-state index in [-0.39, 0.29) is 23.3 Å². The number of halogens is 2. The van der Waals surface area contributed by atoms with Crippen LogP contribution in [0.2, 0.25) is 0 Å². The summed E-state index contributed by atoms with van der Waals surface area (Å²) in [5.74, 6) is -1.17. The molecule has 0 aliphatic carbocycles. The molecule has 0 saturated carbocycles. The number of rotatable bonds is 6. The molecule has 0 N–H and O–H groups in total. The molecular weight excluding hydrogens is 578 g/mol. The van der Waals surface area contributed by atoms with Gasteiger partial charge in [-0.05, 0) is 60.0 Å². The molecule has 1 aliphatic rings. The SMILES string of the molecule is COC(=O)c1cc(Oc2nc3ccc(F)cc3n2Oc2nc3c4cc(F)cc3n2-c2cc(-c3ccccc3)ccc2-4)ccc1C. The first kappa shape index (κ1) is 26.6.